The van der Waals surface area contributed by atoms with E-state index in [0.717, 1.165) is 31.2 Å². The Morgan fingerprint density at radius 1 is 1.22 bits per heavy atom. The second-order valence-electron chi connectivity index (χ2n) is 8.71. The first-order valence-corrected chi connectivity index (χ1v) is 9.94. The van der Waals surface area contributed by atoms with Gasteiger partial charge in [0, 0.05) is 0 Å². The number of carboxylic acid groups (broad SMARTS) is 1. The van der Waals surface area contributed by atoms with E-state index in [4.69, 9.17) is 9.47 Å². The van der Waals surface area contributed by atoms with Crippen molar-refractivity contribution in [2.45, 2.75) is 59.7 Å². The lowest BCUT2D eigenvalue weighted by Gasteiger charge is -2.38. The quantitative estimate of drug-likeness (QED) is 0.600. The second-order valence-corrected chi connectivity index (χ2v) is 8.71. The van der Waals surface area contributed by atoms with Crippen LogP contribution in [-0.4, -0.2) is 24.0 Å². The molecule has 0 aliphatic heterocycles. The highest BCUT2D eigenvalue weighted by atomic mass is 16.7. The zero-order valence-corrected chi connectivity index (χ0v) is 17.1. The highest BCUT2D eigenvalue weighted by Gasteiger charge is 2.36. The average Bonchev–Trinajstić information content (AvgIpc) is 2.62. The molecule has 1 N–H and O–H groups in total. The Labute approximate surface area is 163 Å². The summed E-state index contributed by atoms with van der Waals surface area (Å²) in [6.07, 6.45) is 5.39. The van der Waals surface area contributed by atoms with Crippen LogP contribution in [0, 0.1) is 23.2 Å². The monoisotopic (exact) mass is 374 g/mol. The molecule has 0 amide bonds. The normalized spacial score (nSPS) is 22.7. The van der Waals surface area contributed by atoms with Crippen LogP contribution in [0.5, 0.6) is 5.75 Å². The summed E-state index contributed by atoms with van der Waals surface area (Å²) in [4.78, 5) is 11.8. The van der Waals surface area contributed by atoms with Crippen molar-refractivity contribution in [1.82, 2.24) is 0 Å². The van der Waals surface area contributed by atoms with Crippen molar-refractivity contribution >= 4 is 12.0 Å². The zero-order valence-electron chi connectivity index (χ0n) is 17.1. The topological polar surface area (TPSA) is 55.8 Å². The van der Waals surface area contributed by atoms with Gasteiger partial charge >= 0.3 is 5.97 Å². The summed E-state index contributed by atoms with van der Waals surface area (Å²) in [7, 11) is 0. The van der Waals surface area contributed by atoms with Crippen molar-refractivity contribution in [3.8, 4) is 5.75 Å². The van der Waals surface area contributed by atoms with Gasteiger partial charge in [0.05, 0.1) is 12.5 Å². The molecule has 1 aliphatic carbocycles. The number of hydrogen-bond donors (Lipinski definition) is 1. The van der Waals surface area contributed by atoms with Gasteiger partial charge in [-0.25, -0.2) is 0 Å². The molecule has 1 fully saturated rings. The third-order valence-corrected chi connectivity index (χ3v) is 5.81. The Kier molecular flexibility index (Phi) is 7.49. The van der Waals surface area contributed by atoms with Gasteiger partial charge in [-0.15, -0.1) is 0 Å². The lowest BCUT2D eigenvalue weighted by Crippen LogP contribution is -2.35. The van der Waals surface area contributed by atoms with E-state index in [-0.39, 0.29) is 12.5 Å². The Hall–Kier alpha value is -1.81. The molecule has 0 saturated heterocycles. The van der Waals surface area contributed by atoms with Crippen molar-refractivity contribution in [2.24, 2.45) is 23.2 Å². The molecule has 2 unspecified atom stereocenters. The summed E-state index contributed by atoms with van der Waals surface area (Å²) < 4.78 is 11.5. The first kappa shape index (κ1) is 21.5. The molecule has 150 valence electrons. The predicted octanol–water partition coefficient (Wildman–Crippen LogP) is 5.62. The van der Waals surface area contributed by atoms with Crippen LogP contribution in [0.1, 0.15) is 58.9 Å². The molecule has 0 heterocycles. The molecule has 2 atom stereocenters. The molecule has 0 radical (unpaired) electrons. The van der Waals surface area contributed by atoms with Crippen molar-refractivity contribution in [2.75, 3.05) is 6.61 Å². The highest BCUT2D eigenvalue weighted by molar-refractivity contribution is 5.70. The number of carbonyl (C=O) groups is 1. The van der Waals surface area contributed by atoms with Gasteiger partial charge in [0.15, 0.2) is 6.29 Å². The van der Waals surface area contributed by atoms with Gasteiger partial charge in [-0.2, -0.15) is 0 Å². The number of carboxylic acids is 1. The minimum absolute atomic E-state index is 0.181. The van der Waals surface area contributed by atoms with E-state index in [0.29, 0.717) is 17.1 Å². The Morgan fingerprint density at radius 3 is 2.30 bits per heavy atom. The van der Waals surface area contributed by atoms with E-state index in [1.54, 1.807) is 13.0 Å². The van der Waals surface area contributed by atoms with E-state index < -0.39 is 18.2 Å². The van der Waals surface area contributed by atoms with Crippen LogP contribution < -0.4 is 4.74 Å². The van der Waals surface area contributed by atoms with Gasteiger partial charge in [0.1, 0.15) is 5.75 Å². The minimum Gasteiger partial charge on any atom is -0.481 e. The molecule has 1 aromatic rings. The molecular weight excluding hydrogens is 340 g/mol. The van der Waals surface area contributed by atoms with Crippen molar-refractivity contribution in [3.63, 3.8) is 0 Å². The summed E-state index contributed by atoms with van der Waals surface area (Å²) >= 11 is 0. The summed E-state index contributed by atoms with van der Waals surface area (Å²) in [6, 6.07) is 7.56. The van der Waals surface area contributed by atoms with E-state index in [9.17, 15) is 9.90 Å². The summed E-state index contributed by atoms with van der Waals surface area (Å²) in [5.74, 6) is 0.313. The Bertz CT molecular complexity index is 606. The number of aliphatic carboxylic acids is 1. The molecule has 0 aromatic heterocycles. The maximum atomic E-state index is 11.8. The molecule has 1 aromatic carbocycles. The predicted molar refractivity (Wildman–Crippen MR) is 109 cm³/mol. The molecule has 4 nitrogen and oxygen atoms in total. The van der Waals surface area contributed by atoms with Crippen LogP contribution in [-0.2, 0) is 9.53 Å². The minimum atomic E-state index is -0.767. The van der Waals surface area contributed by atoms with Gasteiger partial charge in [0.25, 0.3) is 0 Å². The molecule has 27 heavy (non-hydrogen) atoms. The van der Waals surface area contributed by atoms with E-state index in [1.165, 1.54) is 0 Å². The summed E-state index contributed by atoms with van der Waals surface area (Å²) in [5, 5.41) is 9.68. The van der Waals surface area contributed by atoms with Crippen LogP contribution >= 0.6 is 0 Å². The molecule has 0 bridgehead atoms. The fourth-order valence-electron chi connectivity index (χ4n) is 3.94. The number of benzene rings is 1. The molecule has 2 rings (SSSR count). The van der Waals surface area contributed by atoms with Crippen LogP contribution in [0.4, 0.5) is 0 Å². The number of rotatable bonds is 8. The molecule has 1 saturated carbocycles. The summed E-state index contributed by atoms with van der Waals surface area (Å²) in [5.41, 5.74) is 1.32. The van der Waals surface area contributed by atoms with E-state index >= 15 is 0 Å². The van der Waals surface area contributed by atoms with Crippen molar-refractivity contribution in [3.05, 3.63) is 36.4 Å². The smallest absolute Gasteiger partial charge is 0.309 e. The SMILES string of the molecule is C=Cc1ccc(OC(C)OCC(C(=O)O)C2CCC(C(C)(C)C)CC2)cc1. The van der Waals surface area contributed by atoms with Crippen LogP contribution in [0.2, 0.25) is 0 Å². The van der Waals surface area contributed by atoms with Crippen LogP contribution in [0.3, 0.4) is 0 Å². The van der Waals surface area contributed by atoms with Crippen molar-refractivity contribution in [1.29, 1.82) is 0 Å². The first-order valence-electron chi connectivity index (χ1n) is 9.94. The molecule has 1 aliphatic rings. The maximum absolute atomic E-state index is 11.8. The van der Waals surface area contributed by atoms with Crippen LogP contribution in [0.25, 0.3) is 6.08 Å². The third kappa shape index (κ3) is 6.39. The van der Waals surface area contributed by atoms with E-state index in [1.807, 2.05) is 24.3 Å². The number of hydrogen-bond acceptors (Lipinski definition) is 3. The largest absolute Gasteiger partial charge is 0.481 e. The number of ether oxygens (including phenoxy) is 2. The lowest BCUT2D eigenvalue weighted by molar-refractivity contribution is -0.152. The third-order valence-electron chi connectivity index (χ3n) is 5.81. The average molecular weight is 375 g/mol. The van der Waals surface area contributed by atoms with Crippen molar-refractivity contribution < 1.29 is 19.4 Å². The van der Waals surface area contributed by atoms with Gasteiger partial charge in [0.2, 0.25) is 0 Å². The Morgan fingerprint density at radius 2 is 1.81 bits per heavy atom. The fourth-order valence-corrected chi connectivity index (χ4v) is 3.94. The maximum Gasteiger partial charge on any atom is 0.309 e. The molecule has 4 heteroatoms. The van der Waals surface area contributed by atoms with Gasteiger partial charge in [-0.3, -0.25) is 4.79 Å². The molecular formula is C23H34O4. The highest BCUT2D eigenvalue weighted by Crippen LogP contribution is 2.42. The van der Waals surface area contributed by atoms with E-state index in [2.05, 4.69) is 27.4 Å². The standard InChI is InChI=1S/C23H34O4/c1-6-17-7-13-20(14-8-17)27-16(2)26-15-21(22(24)25)18-9-11-19(12-10-18)23(3,4)5/h6-8,13-14,16,18-19,21H,1,9-12,15H2,2-5H3,(H,24,25). The molecule has 0 spiro atoms. The second kappa shape index (κ2) is 9.41. The zero-order chi connectivity index (χ0) is 20.0. The van der Waals surface area contributed by atoms with Gasteiger partial charge in [-0.05, 0) is 67.6 Å². The van der Waals surface area contributed by atoms with Gasteiger partial charge in [-0.1, -0.05) is 45.6 Å². The van der Waals surface area contributed by atoms with Gasteiger partial charge < -0.3 is 14.6 Å². The van der Waals surface area contributed by atoms with Crippen LogP contribution in [0.15, 0.2) is 30.8 Å². The summed E-state index contributed by atoms with van der Waals surface area (Å²) in [6.45, 7) is 12.5. The fraction of sp³-hybridized carbons (Fsp3) is 0.609. The first-order chi connectivity index (χ1) is 12.7. The lowest BCUT2D eigenvalue weighted by atomic mass is 9.67. The Balaban J connectivity index is 1.85.